The van der Waals surface area contributed by atoms with Crippen molar-refractivity contribution in [1.29, 1.82) is 0 Å². The molecule has 0 atom stereocenters. The summed E-state index contributed by atoms with van der Waals surface area (Å²) in [5.74, 6) is 0.809. The highest BCUT2D eigenvalue weighted by atomic mass is 16.5. The zero-order chi connectivity index (χ0) is 19.2. The summed E-state index contributed by atoms with van der Waals surface area (Å²) in [6, 6.07) is 15.3. The van der Waals surface area contributed by atoms with Gasteiger partial charge in [-0.1, -0.05) is 18.2 Å². The van der Waals surface area contributed by atoms with Crippen LogP contribution in [0.15, 0.2) is 60.8 Å². The molecule has 0 bridgehead atoms. The molecule has 1 heterocycles. The number of hydrogen-bond acceptors (Lipinski definition) is 5. The fourth-order valence-corrected chi connectivity index (χ4v) is 2.66. The molecule has 138 valence electrons. The zero-order valence-electron chi connectivity index (χ0n) is 15.4. The van der Waals surface area contributed by atoms with Gasteiger partial charge in [-0.25, -0.2) is 9.48 Å². The molecule has 0 N–H and O–H groups in total. The highest BCUT2D eigenvalue weighted by Crippen LogP contribution is 2.33. The first-order valence-corrected chi connectivity index (χ1v) is 8.29. The number of rotatable bonds is 6. The van der Waals surface area contributed by atoms with E-state index in [9.17, 15) is 4.79 Å². The first kappa shape index (κ1) is 18.3. The van der Waals surface area contributed by atoms with E-state index in [1.165, 1.54) is 13.2 Å². The maximum atomic E-state index is 11.5. The molecule has 0 saturated carbocycles. The first-order valence-electron chi connectivity index (χ1n) is 8.29. The van der Waals surface area contributed by atoms with Crippen molar-refractivity contribution >= 4 is 12.0 Å². The Morgan fingerprint density at radius 2 is 1.74 bits per heavy atom. The van der Waals surface area contributed by atoms with E-state index in [1.807, 2.05) is 54.7 Å². The standard InChI is InChI=1S/C21H20N2O4/c1-25-18-11-9-15(13-19(18)26-2)21-16(10-12-20(24)27-3)14-23(22-21)17-7-5-4-6-8-17/h4-14H,1-3H3/b12-10+. The fraction of sp³-hybridized carbons (Fsp3) is 0.143. The highest BCUT2D eigenvalue weighted by molar-refractivity contribution is 5.88. The molecule has 2 aromatic carbocycles. The Kier molecular flexibility index (Phi) is 5.56. The summed E-state index contributed by atoms with van der Waals surface area (Å²) in [7, 11) is 4.52. The van der Waals surface area contributed by atoms with E-state index in [0.29, 0.717) is 17.2 Å². The Labute approximate surface area is 157 Å². The minimum absolute atomic E-state index is 0.430. The Morgan fingerprint density at radius 3 is 2.41 bits per heavy atom. The van der Waals surface area contributed by atoms with Gasteiger partial charge in [-0.15, -0.1) is 0 Å². The van der Waals surface area contributed by atoms with Crippen molar-refractivity contribution in [2.75, 3.05) is 21.3 Å². The van der Waals surface area contributed by atoms with E-state index in [4.69, 9.17) is 14.6 Å². The molecular formula is C21H20N2O4. The number of esters is 1. The van der Waals surface area contributed by atoms with Gasteiger partial charge in [0.1, 0.15) is 5.69 Å². The number of carbonyl (C=O) groups is 1. The third kappa shape index (κ3) is 4.00. The minimum Gasteiger partial charge on any atom is -0.493 e. The molecule has 3 rings (SSSR count). The fourth-order valence-electron chi connectivity index (χ4n) is 2.66. The largest absolute Gasteiger partial charge is 0.493 e. The molecule has 0 radical (unpaired) electrons. The van der Waals surface area contributed by atoms with Gasteiger partial charge in [-0.05, 0) is 36.4 Å². The quantitative estimate of drug-likeness (QED) is 0.492. The topological polar surface area (TPSA) is 62.6 Å². The summed E-state index contributed by atoms with van der Waals surface area (Å²) in [6.45, 7) is 0. The average molecular weight is 364 g/mol. The Bertz CT molecular complexity index is 962. The predicted molar refractivity (Wildman–Crippen MR) is 103 cm³/mol. The molecule has 6 nitrogen and oxygen atoms in total. The van der Waals surface area contributed by atoms with Crippen LogP contribution in [0.1, 0.15) is 5.56 Å². The summed E-state index contributed by atoms with van der Waals surface area (Å²) < 4.78 is 17.1. The van der Waals surface area contributed by atoms with Gasteiger partial charge in [0.15, 0.2) is 11.5 Å². The molecule has 0 saturated heterocycles. The van der Waals surface area contributed by atoms with Crippen molar-refractivity contribution < 1.29 is 19.0 Å². The van der Waals surface area contributed by atoms with E-state index in [-0.39, 0.29) is 0 Å². The molecule has 0 aliphatic carbocycles. The smallest absolute Gasteiger partial charge is 0.330 e. The lowest BCUT2D eigenvalue weighted by Crippen LogP contribution is -1.95. The summed E-state index contributed by atoms with van der Waals surface area (Å²) >= 11 is 0. The van der Waals surface area contributed by atoms with Gasteiger partial charge in [-0.2, -0.15) is 5.10 Å². The maximum absolute atomic E-state index is 11.5. The van der Waals surface area contributed by atoms with Gasteiger partial charge >= 0.3 is 5.97 Å². The lowest BCUT2D eigenvalue weighted by atomic mass is 10.1. The number of para-hydroxylation sites is 1. The molecule has 0 fully saturated rings. The maximum Gasteiger partial charge on any atom is 0.330 e. The predicted octanol–water partition coefficient (Wildman–Crippen LogP) is 3.74. The SMILES string of the molecule is COC(=O)/C=C/c1cn(-c2ccccc2)nc1-c1ccc(OC)c(OC)c1. The highest BCUT2D eigenvalue weighted by Gasteiger charge is 2.14. The summed E-state index contributed by atoms with van der Waals surface area (Å²) in [6.07, 6.45) is 4.92. The van der Waals surface area contributed by atoms with Crippen LogP contribution in [0.25, 0.3) is 23.0 Å². The number of aromatic nitrogens is 2. The molecular weight excluding hydrogens is 344 g/mol. The molecule has 0 aliphatic heterocycles. The number of benzene rings is 2. The van der Waals surface area contributed by atoms with Crippen LogP contribution in [-0.4, -0.2) is 37.1 Å². The Morgan fingerprint density at radius 1 is 1.00 bits per heavy atom. The van der Waals surface area contributed by atoms with E-state index < -0.39 is 5.97 Å². The van der Waals surface area contributed by atoms with Gasteiger partial charge in [0.25, 0.3) is 0 Å². The van der Waals surface area contributed by atoms with Crippen LogP contribution in [0, 0.1) is 0 Å². The van der Waals surface area contributed by atoms with Crippen molar-refractivity contribution in [1.82, 2.24) is 9.78 Å². The molecule has 27 heavy (non-hydrogen) atoms. The number of methoxy groups -OCH3 is 3. The van der Waals surface area contributed by atoms with Crippen molar-refractivity contribution in [3.8, 4) is 28.4 Å². The molecule has 3 aromatic rings. The van der Waals surface area contributed by atoms with Crippen LogP contribution in [0.2, 0.25) is 0 Å². The molecule has 0 unspecified atom stereocenters. The van der Waals surface area contributed by atoms with Gasteiger partial charge < -0.3 is 14.2 Å². The van der Waals surface area contributed by atoms with Crippen LogP contribution in [0.5, 0.6) is 11.5 Å². The summed E-state index contributed by atoms with van der Waals surface area (Å²) in [4.78, 5) is 11.5. The first-order chi connectivity index (χ1) is 13.2. The van der Waals surface area contributed by atoms with Crippen LogP contribution in [-0.2, 0) is 9.53 Å². The number of carbonyl (C=O) groups excluding carboxylic acids is 1. The summed E-state index contributed by atoms with van der Waals surface area (Å²) in [5.41, 5.74) is 3.24. The number of nitrogens with zero attached hydrogens (tertiary/aromatic N) is 2. The zero-order valence-corrected chi connectivity index (χ0v) is 15.4. The molecule has 0 aliphatic rings. The second-order valence-electron chi connectivity index (χ2n) is 5.64. The minimum atomic E-state index is -0.430. The van der Waals surface area contributed by atoms with Crippen molar-refractivity contribution in [3.63, 3.8) is 0 Å². The second kappa shape index (κ2) is 8.23. The van der Waals surface area contributed by atoms with Crippen LogP contribution in [0.4, 0.5) is 0 Å². The van der Waals surface area contributed by atoms with Crippen molar-refractivity contribution in [2.45, 2.75) is 0 Å². The third-order valence-corrected chi connectivity index (χ3v) is 4.02. The average Bonchev–Trinajstić information content (AvgIpc) is 3.16. The van der Waals surface area contributed by atoms with E-state index >= 15 is 0 Å². The van der Waals surface area contributed by atoms with Crippen molar-refractivity contribution in [3.05, 3.63) is 66.4 Å². The molecule has 1 aromatic heterocycles. The van der Waals surface area contributed by atoms with E-state index in [2.05, 4.69) is 4.74 Å². The molecule has 6 heteroatoms. The van der Waals surface area contributed by atoms with E-state index in [1.54, 1.807) is 25.0 Å². The van der Waals surface area contributed by atoms with Gasteiger partial charge in [0.05, 0.1) is 27.0 Å². The normalized spacial score (nSPS) is 10.8. The molecule has 0 amide bonds. The van der Waals surface area contributed by atoms with E-state index in [0.717, 1.165) is 16.8 Å². The van der Waals surface area contributed by atoms with Crippen LogP contribution < -0.4 is 9.47 Å². The number of ether oxygens (including phenoxy) is 3. The Hall–Kier alpha value is -3.54. The Balaban J connectivity index is 2.11. The van der Waals surface area contributed by atoms with Gasteiger partial charge in [-0.3, -0.25) is 0 Å². The van der Waals surface area contributed by atoms with Gasteiger partial charge in [0.2, 0.25) is 0 Å². The lowest BCUT2D eigenvalue weighted by Gasteiger charge is -2.09. The van der Waals surface area contributed by atoms with Crippen LogP contribution in [0.3, 0.4) is 0 Å². The van der Waals surface area contributed by atoms with Gasteiger partial charge in [0, 0.05) is 23.4 Å². The third-order valence-electron chi connectivity index (χ3n) is 4.02. The monoisotopic (exact) mass is 364 g/mol. The lowest BCUT2D eigenvalue weighted by molar-refractivity contribution is -0.134. The second-order valence-corrected chi connectivity index (χ2v) is 5.64. The number of hydrogen-bond donors (Lipinski definition) is 0. The summed E-state index contributed by atoms with van der Waals surface area (Å²) in [5, 5.41) is 4.70. The van der Waals surface area contributed by atoms with Crippen molar-refractivity contribution in [2.24, 2.45) is 0 Å². The van der Waals surface area contributed by atoms with Crippen LogP contribution >= 0.6 is 0 Å². The molecule has 0 spiro atoms.